The third-order valence-corrected chi connectivity index (χ3v) is 6.75. The van der Waals surface area contributed by atoms with E-state index in [9.17, 15) is 28.2 Å². The zero-order valence-electron chi connectivity index (χ0n) is 20.1. The van der Waals surface area contributed by atoms with Crippen molar-refractivity contribution in [3.8, 4) is 22.7 Å². The van der Waals surface area contributed by atoms with E-state index in [1.165, 1.54) is 31.6 Å². The number of aliphatic hydroxyl groups excluding tert-OH is 2. The molecule has 0 radical (unpaired) electrons. The predicted molar refractivity (Wildman–Crippen MR) is 130 cm³/mol. The number of halogens is 3. The van der Waals surface area contributed by atoms with E-state index in [-0.39, 0.29) is 25.4 Å². The summed E-state index contributed by atoms with van der Waals surface area (Å²) in [7, 11) is 1.47. The van der Waals surface area contributed by atoms with Crippen molar-refractivity contribution in [1.29, 1.82) is 0 Å². The number of nitrogens with zero attached hydrogens (tertiary/aromatic N) is 5. The Balaban J connectivity index is 1.77. The van der Waals surface area contributed by atoms with Crippen molar-refractivity contribution < 1.29 is 28.1 Å². The van der Waals surface area contributed by atoms with Crippen LogP contribution in [-0.2, 0) is 12.6 Å². The van der Waals surface area contributed by atoms with E-state index in [1.54, 1.807) is 15.9 Å². The molecule has 196 valence electrons. The van der Waals surface area contributed by atoms with Crippen molar-refractivity contribution >= 4 is 11.4 Å². The molecule has 4 heterocycles. The standard InChI is InChI=1S/C25H26F3N5O4/c1-37-18-10-15(12-29-13-18)22-19-5-7-31(8-9-34)23(19)24(36)33(30-22)21-11-16(32-6-4-17(35)14-32)2-3-20(21)25(26,27)28/h2-3,10-13,17,34-35H,4-9,14H2,1H3. The number of ether oxygens (including phenoxy) is 1. The minimum absolute atomic E-state index is 0.153. The molecular formula is C25H26F3N5O4. The van der Waals surface area contributed by atoms with Gasteiger partial charge >= 0.3 is 6.18 Å². The maximum Gasteiger partial charge on any atom is 0.418 e. The van der Waals surface area contributed by atoms with Crippen LogP contribution in [0.25, 0.3) is 16.9 Å². The Morgan fingerprint density at radius 3 is 2.68 bits per heavy atom. The maximum atomic E-state index is 14.2. The van der Waals surface area contributed by atoms with Gasteiger partial charge in [-0.3, -0.25) is 9.78 Å². The third-order valence-electron chi connectivity index (χ3n) is 6.75. The van der Waals surface area contributed by atoms with Crippen LogP contribution in [0.1, 0.15) is 17.5 Å². The average molecular weight is 518 g/mol. The summed E-state index contributed by atoms with van der Waals surface area (Å²) in [5.74, 6) is 0.432. The van der Waals surface area contributed by atoms with Gasteiger partial charge in [-0.2, -0.15) is 23.0 Å². The van der Waals surface area contributed by atoms with Gasteiger partial charge in [-0.25, -0.2) is 0 Å². The number of pyridine rings is 1. The molecule has 0 saturated carbocycles. The molecule has 1 saturated heterocycles. The zero-order chi connectivity index (χ0) is 26.3. The number of methoxy groups -OCH3 is 1. The second kappa shape index (κ2) is 9.67. The lowest BCUT2D eigenvalue weighted by molar-refractivity contribution is -0.137. The van der Waals surface area contributed by atoms with Crippen molar-refractivity contribution in [2.24, 2.45) is 0 Å². The number of anilines is 2. The van der Waals surface area contributed by atoms with E-state index in [0.717, 1.165) is 10.7 Å². The number of hydrogen-bond donors (Lipinski definition) is 2. The third kappa shape index (κ3) is 4.62. The van der Waals surface area contributed by atoms with Crippen LogP contribution < -0.4 is 20.1 Å². The van der Waals surface area contributed by atoms with E-state index in [4.69, 9.17) is 4.74 Å². The molecule has 37 heavy (non-hydrogen) atoms. The summed E-state index contributed by atoms with van der Waals surface area (Å²) in [6, 6.07) is 5.23. The SMILES string of the molecule is COc1cncc(-c2nn(-c3cc(N4CCC(O)C4)ccc3C(F)(F)F)c(=O)c3c2CCN3CCO)c1. The number of alkyl halides is 3. The molecule has 1 atom stereocenters. The van der Waals surface area contributed by atoms with Crippen molar-refractivity contribution in [3.63, 3.8) is 0 Å². The molecule has 2 N–H and O–H groups in total. The second-order valence-corrected chi connectivity index (χ2v) is 9.05. The molecule has 1 unspecified atom stereocenters. The van der Waals surface area contributed by atoms with Crippen LogP contribution in [0, 0.1) is 0 Å². The van der Waals surface area contributed by atoms with Crippen LogP contribution in [0.4, 0.5) is 24.5 Å². The van der Waals surface area contributed by atoms with Gasteiger partial charge in [0.15, 0.2) is 0 Å². The summed E-state index contributed by atoms with van der Waals surface area (Å²) in [6.45, 7) is 1.10. The number of aromatic nitrogens is 3. The molecule has 2 aliphatic rings. The lowest BCUT2D eigenvalue weighted by atomic mass is 10.1. The molecule has 0 amide bonds. The minimum Gasteiger partial charge on any atom is -0.495 e. The highest BCUT2D eigenvalue weighted by Gasteiger charge is 2.37. The fourth-order valence-electron chi connectivity index (χ4n) is 4.98. The van der Waals surface area contributed by atoms with Crippen molar-refractivity contribution in [1.82, 2.24) is 14.8 Å². The second-order valence-electron chi connectivity index (χ2n) is 9.05. The van der Waals surface area contributed by atoms with E-state index >= 15 is 0 Å². The fraction of sp³-hybridized carbons (Fsp3) is 0.400. The Morgan fingerprint density at radius 2 is 2.00 bits per heavy atom. The molecule has 0 bridgehead atoms. The van der Waals surface area contributed by atoms with Gasteiger partial charge in [0.25, 0.3) is 5.56 Å². The van der Waals surface area contributed by atoms with Crippen LogP contribution in [0.3, 0.4) is 0 Å². The van der Waals surface area contributed by atoms with E-state index in [0.29, 0.717) is 54.2 Å². The molecule has 12 heteroatoms. The van der Waals surface area contributed by atoms with Crippen LogP contribution in [-0.4, -0.2) is 71.0 Å². The highest BCUT2D eigenvalue weighted by atomic mass is 19.4. The first-order chi connectivity index (χ1) is 17.7. The predicted octanol–water partition coefficient (Wildman–Crippen LogP) is 2.25. The molecule has 2 aliphatic heterocycles. The number of hydrogen-bond acceptors (Lipinski definition) is 8. The Morgan fingerprint density at radius 1 is 1.19 bits per heavy atom. The van der Waals surface area contributed by atoms with Gasteiger partial charge in [-0.05, 0) is 37.1 Å². The summed E-state index contributed by atoms with van der Waals surface area (Å²) >= 11 is 0. The number of fused-ring (bicyclic) bond motifs is 1. The quantitative estimate of drug-likeness (QED) is 0.513. The molecule has 9 nitrogen and oxygen atoms in total. The number of β-amino-alcohol motifs (C(OH)–C–C–N with tert-alkyl or cyclic N) is 2. The first kappa shape index (κ1) is 25.0. The largest absolute Gasteiger partial charge is 0.495 e. The van der Waals surface area contributed by atoms with Crippen molar-refractivity contribution in [2.45, 2.75) is 25.1 Å². The Kier molecular flexibility index (Phi) is 6.54. The van der Waals surface area contributed by atoms with Gasteiger partial charge < -0.3 is 24.7 Å². The van der Waals surface area contributed by atoms with Crippen molar-refractivity contribution in [2.75, 3.05) is 49.7 Å². The lowest BCUT2D eigenvalue weighted by Gasteiger charge is -2.23. The highest BCUT2D eigenvalue weighted by molar-refractivity contribution is 5.73. The van der Waals surface area contributed by atoms with Gasteiger partial charge in [-0.1, -0.05) is 0 Å². The van der Waals surface area contributed by atoms with Gasteiger partial charge in [-0.15, -0.1) is 0 Å². The lowest BCUT2D eigenvalue weighted by Crippen LogP contribution is -2.33. The summed E-state index contributed by atoms with van der Waals surface area (Å²) in [5.41, 5.74) is -0.0809. The smallest absolute Gasteiger partial charge is 0.418 e. The fourth-order valence-corrected chi connectivity index (χ4v) is 4.98. The number of benzene rings is 1. The van der Waals surface area contributed by atoms with Gasteiger partial charge in [0.1, 0.15) is 11.4 Å². The molecule has 2 aromatic heterocycles. The Bertz CT molecular complexity index is 1380. The molecule has 0 aliphatic carbocycles. The Labute approximate surface area is 210 Å². The maximum absolute atomic E-state index is 14.2. The first-order valence-electron chi connectivity index (χ1n) is 11.9. The summed E-state index contributed by atoms with van der Waals surface area (Å²) in [4.78, 5) is 21.3. The average Bonchev–Trinajstić information content (AvgIpc) is 3.50. The van der Waals surface area contributed by atoms with Crippen LogP contribution in [0.5, 0.6) is 5.75 Å². The van der Waals surface area contributed by atoms with Gasteiger partial charge in [0, 0.05) is 49.2 Å². The summed E-state index contributed by atoms with van der Waals surface area (Å²) in [6.07, 6.45) is -1.39. The molecule has 1 fully saturated rings. The zero-order valence-corrected chi connectivity index (χ0v) is 20.1. The van der Waals surface area contributed by atoms with Crippen LogP contribution in [0.2, 0.25) is 0 Å². The van der Waals surface area contributed by atoms with Gasteiger partial charge in [0.2, 0.25) is 0 Å². The minimum atomic E-state index is -4.75. The Hall–Kier alpha value is -3.64. The van der Waals surface area contributed by atoms with E-state index < -0.39 is 29.1 Å². The molecule has 1 aromatic carbocycles. The normalized spacial score (nSPS) is 17.4. The van der Waals surface area contributed by atoms with Crippen LogP contribution in [0.15, 0.2) is 41.5 Å². The van der Waals surface area contributed by atoms with Crippen molar-refractivity contribution in [3.05, 3.63) is 58.1 Å². The van der Waals surface area contributed by atoms with Crippen LogP contribution >= 0.6 is 0 Å². The highest BCUT2D eigenvalue weighted by Crippen LogP contribution is 2.38. The van der Waals surface area contributed by atoms with E-state index in [1.807, 2.05) is 0 Å². The summed E-state index contributed by atoms with van der Waals surface area (Å²) < 4.78 is 48.5. The topological polar surface area (TPSA) is 104 Å². The van der Waals surface area contributed by atoms with E-state index in [2.05, 4.69) is 10.1 Å². The molecule has 3 aromatic rings. The summed E-state index contributed by atoms with van der Waals surface area (Å²) in [5, 5.41) is 23.9. The van der Waals surface area contributed by atoms with Gasteiger partial charge in [0.05, 0.1) is 43.0 Å². The number of aliphatic hydroxyl groups is 2. The molecule has 5 rings (SSSR count). The molecular weight excluding hydrogens is 491 g/mol. The monoisotopic (exact) mass is 517 g/mol. The number of rotatable bonds is 6. The molecule has 0 spiro atoms. The first-order valence-corrected chi connectivity index (χ1v) is 11.9.